The van der Waals surface area contributed by atoms with Gasteiger partial charge in [0.2, 0.25) is 5.91 Å². The number of carbonyl (C=O) groups excluding carboxylic acids is 2. The van der Waals surface area contributed by atoms with Crippen LogP contribution in [0, 0.1) is 0 Å². The van der Waals surface area contributed by atoms with Gasteiger partial charge in [-0.1, -0.05) is 0 Å². The zero-order valence-corrected chi connectivity index (χ0v) is 8.97. The Kier molecular flexibility index (Phi) is 2.91. The van der Waals surface area contributed by atoms with Crippen molar-refractivity contribution in [3.63, 3.8) is 0 Å². The lowest BCUT2D eigenvalue weighted by Crippen LogP contribution is -2.40. The minimum Gasteiger partial charge on any atom is -0.351 e. The molecule has 0 saturated carbocycles. The first-order valence-electron chi connectivity index (χ1n) is 5.04. The van der Waals surface area contributed by atoms with Crippen molar-refractivity contribution < 1.29 is 9.59 Å². The van der Waals surface area contributed by atoms with Crippen molar-refractivity contribution in [2.24, 2.45) is 5.73 Å². The number of primary amides is 1. The highest BCUT2D eigenvalue weighted by Crippen LogP contribution is 1.97. The smallest absolute Gasteiger partial charge is 0.346 e. The Morgan fingerprint density at radius 1 is 1.53 bits per heavy atom. The number of hydrogen-bond acceptors (Lipinski definition) is 5. The highest BCUT2D eigenvalue weighted by Gasteiger charge is 2.17. The molecule has 0 fully saturated rings. The summed E-state index contributed by atoms with van der Waals surface area (Å²) in [5, 5.41) is 8.92. The lowest BCUT2D eigenvalue weighted by atomic mass is 10.4. The summed E-state index contributed by atoms with van der Waals surface area (Å²) in [4.78, 5) is 33.5. The monoisotopic (exact) mass is 240 g/mol. The number of imide groups is 1. The quantitative estimate of drug-likeness (QED) is 0.520. The Hall–Kier alpha value is -2.16. The largest absolute Gasteiger partial charge is 0.351 e. The van der Waals surface area contributed by atoms with Crippen LogP contribution in [0.4, 0.5) is 4.79 Å². The lowest BCUT2D eigenvalue weighted by Gasteiger charge is -2.11. The Bertz CT molecular complexity index is 516. The number of rotatable bonds is 2. The number of amides is 3. The molecule has 9 heteroatoms. The first-order chi connectivity index (χ1) is 8.08. The molecular formula is C8H12N6O3. The Morgan fingerprint density at radius 2 is 2.29 bits per heavy atom. The predicted octanol–water partition coefficient (Wildman–Crippen LogP) is -2.66. The number of fused-ring (bicyclic) bond motifs is 1. The van der Waals surface area contributed by atoms with Gasteiger partial charge in [0.05, 0.1) is 6.54 Å². The molecule has 17 heavy (non-hydrogen) atoms. The predicted molar refractivity (Wildman–Crippen MR) is 55.9 cm³/mol. The van der Waals surface area contributed by atoms with Crippen molar-refractivity contribution >= 4 is 11.9 Å². The molecule has 2 heterocycles. The maximum absolute atomic E-state index is 11.8. The number of carbonyl (C=O) groups is 2. The number of urea groups is 1. The zero-order chi connectivity index (χ0) is 12.4. The maximum atomic E-state index is 11.8. The van der Waals surface area contributed by atoms with E-state index in [9.17, 15) is 14.4 Å². The zero-order valence-electron chi connectivity index (χ0n) is 8.97. The minimum atomic E-state index is -0.950. The van der Waals surface area contributed by atoms with E-state index in [2.05, 4.69) is 10.4 Å². The average Bonchev–Trinajstić information content (AvgIpc) is 2.55. The fourth-order valence-electron chi connectivity index (χ4n) is 1.65. The van der Waals surface area contributed by atoms with Gasteiger partial charge in [0.15, 0.2) is 0 Å². The van der Waals surface area contributed by atoms with Gasteiger partial charge in [-0.3, -0.25) is 14.7 Å². The molecule has 0 atom stereocenters. The van der Waals surface area contributed by atoms with E-state index < -0.39 is 11.9 Å². The van der Waals surface area contributed by atoms with E-state index in [0.29, 0.717) is 25.5 Å². The van der Waals surface area contributed by atoms with Crippen LogP contribution >= 0.6 is 0 Å². The third-order valence-electron chi connectivity index (χ3n) is 2.35. The van der Waals surface area contributed by atoms with E-state index in [1.807, 2.05) is 5.32 Å². The van der Waals surface area contributed by atoms with Crippen LogP contribution in [0.1, 0.15) is 5.82 Å². The molecule has 0 saturated heterocycles. The number of hydrogen-bond donors (Lipinski definition) is 3. The van der Waals surface area contributed by atoms with Crippen LogP contribution in [0.3, 0.4) is 0 Å². The van der Waals surface area contributed by atoms with Crippen molar-refractivity contribution in [3.05, 3.63) is 16.3 Å². The number of nitrogens with zero attached hydrogens (tertiary/aromatic N) is 3. The molecule has 0 aliphatic carbocycles. The molecule has 0 radical (unpaired) electrons. The van der Waals surface area contributed by atoms with E-state index in [0.717, 1.165) is 4.68 Å². The van der Waals surface area contributed by atoms with E-state index in [-0.39, 0.29) is 12.2 Å². The summed E-state index contributed by atoms with van der Waals surface area (Å²) in [5.74, 6) is -0.0869. The summed E-state index contributed by atoms with van der Waals surface area (Å²) in [6.45, 7) is 1.37. The molecule has 2 rings (SSSR count). The summed E-state index contributed by atoms with van der Waals surface area (Å²) in [6, 6.07) is -0.950. The van der Waals surface area contributed by atoms with Crippen LogP contribution in [0.25, 0.3) is 0 Å². The molecule has 3 amide bonds. The van der Waals surface area contributed by atoms with Crippen molar-refractivity contribution in [2.75, 3.05) is 6.54 Å². The van der Waals surface area contributed by atoms with Gasteiger partial charge in [-0.25, -0.2) is 14.3 Å². The van der Waals surface area contributed by atoms with E-state index >= 15 is 0 Å². The van der Waals surface area contributed by atoms with Crippen LogP contribution in [-0.4, -0.2) is 32.8 Å². The number of nitrogens with one attached hydrogen (secondary N) is 2. The summed E-state index contributed by atoms with van der Waals surface area (Å²) < 4.78 is 2.51. The normalized spacial score (nSPS) is 14.1. The first kappa shape index (κ1) is 11.3. The van der Waals surface area contributed by atoms with Crippen molar-refractivity contribution in [1.82, 2.24) is 25.0 Å². The number of nitrogens with two attached hydrogens (primary N) is 1. The van der Waals surface area contributed by atoms with Gasteiger partial charge in [0, 0.05) is 13.1 Å². The molecule has 4 N–H and O–H groups in total. The fraction of sp³-hybridized carbons (Fsp3) is 0.500. The lowest BCUT2D eigenvalue weighted by molar-refractivity contribution is -0.120. The molecular weight excluding hydrogens is 228 g/mol. The second-order valence-corrected chi connectivity index (χ2v) is 3.60. The van der Waals surface area contributed by atoms with E-state index in [1.54, 1.807) is 0 Å². The van der Waals surface area contributed by atoms with Crippen LogP contribution < -0.4 is 22.1 Å². The molecule has 1 aliphatic rings. The third kappa shape index (κ3) is 2.33. The standard InChI is InChI=1S/C8H12N6O3/c9-7(16)11-6(15)4-14-8(17)13-2-1-10-3-5(13)12-14/h10H,1-4H2,(H3,9,11,15,16). The van der Waals surface area contributed by atoms with Gasteiger partial charge < -0.3 is 11.1 Å². The molecule has 0 aromatic carbocycles. The number of aromatic nitrogens is 3. The van der Waals surface area contributed by atoms with Crippen molar-refractivity contribution in [2.45, 2.75) is 19.6 Å². The van der Waals surface area contributed by atoms with E-state index in [1.165, 1.54) is 4.57 Å². The van der Waals surface area contributed by atoms with Gasteiger partial charge in [-0.05, 0) is 0 Å². The Labute approximate surface area is 95.6 Å². The average molecular weight is 240 g/mol. The molecule has 0 unspecified atom stereocenters. The molecule has 9 nitrogen and oxygen atoms in total. The second kappa shape index (κ2) is 4.37. The highest BCUT2D eigenvalue weighted by molar-refractivity contribution is 5.93. The molecule has 0 spiro atoms. The van der Waals surface area contributed by atoms with Crippen LogP contribution in [0.15, 0.2) is 4.79 Å². The minimum absolute atomic E-state index is 0.318. The van der Waals surface area contributed by atoms with Crippen molar-refractivity contribution in [3.8, 4) is 0 Å². The maximum Gasteiger partial charge on any atom is 0.346 e. The highest BCUT2D eigenvalue weighted by atomic mass is 16.2. The van der Waals surface area contributed by atoms with Crippen LogP contribution in [0.2, 0.25) is 0 Å². The van der Waals surface area contributed by atoms with Crippen molar-refractivity contribution in [1.29, 1.82) is 0 Å². The third-order valence-corrected chi connectivity index (χ3v) is 2.35. The summed E-state index contributed by atoms with van der Waals surface area (Å²) >= 11 is 0. The second-order valence-electron chi connectivity index (χ2n) is 3.60. The molecule has 1 aliphatic heterocycles. The van der Waals surface area contributed by atoms with Crippen LogP contribution in [0.5, 0.6) is 0 Å². The topological polar surface area (TPSA) is 124 Å². The van der Waals surface area contributed by atoms with E-state index in [4.69, 9.17) is 5.73 Å². The Morgan fingerprint density at radius 3 is 2.94 bits per heavy atom. The molecule has 1 aromatic rings. The SMILES string of the molecule is NC(=O)NC(=O)Cn1nc2n(c1=O)CCNC2. The first-order valence-corrected chi connectivity index (χ1v) is 5.04. The van der Waals surface area contributed by atoms with Gasteiger partial charge in [-0.2, -0.15) is 5.10 Å². The van der Waals surface area contributed by atoms with Gasteiger partial charge in [0.25, 0.3) is 0 Å². The fourth-order valence-corrected chi connectivity index (χ4v) is 1.65. The summed E-state index contributed by atoms with van der Waals surface area (Å²) in [5.41, 5.74) is 4.43. The van der Waals surface area contributed by atoms with Crippen LogP contribution in [-0.2, 0) is 24.4 Å². The summed E-state index contributed by atoms with van der Waals surface area (Å²) in [7, 11) is 0. The molecule has 0 bridgehead atoms. The van der Waals surface area contributed by atoms with Gasteiger partial charge in [-0.15, -0.1) is 0 Å². The van der Waals surface area contributed by atoms with Gasteiger partial charge >= 0.3 is 11.7 Å². The molecule has 92 valence electrons. The Balaban J connectivity index is 2.17. The van der Waals surface area contributed by atoms with Gasteiger partial charge in [0.1, 0.15) is 12.4 Å². The summed E-state index contributed by atoms with van der Waals surface area (Å²) in [6.07, 6.45) is 0. The molecule has 1 aromatic heterocycles.